The van der Waals surface area contributed by atoms with Crippen LogP contribution >= 0.6 is 7.44 Å². The molecular weight excluding hydrogens is 599 g/mol. The Labute approximate surface area is 253 Å². The minimum atomic E-state index is -4.10. The Hall–Kier alpha value is -3.63. The highest BCUT2D eigenvalue weighted by Crippen LogP contribution is 2.45. The topological polar surface area (TPSA) is 262 Å². The number of carbonyl (C=O) groups is 2. The van der Waals surface area contributed by atoms with Crippen LogP contribution in [-0.4, -0.2) is 84.9 Å². The number of anilines is 1. The molecule has 0 unspecified atom stereocenters. The molecular formula is C25H39N10O8P. The molecule has 3 heterocycles. The first-order valence-electron chi connectivity index (χ1n) is 14.1. The van der Waals surface area contributed by atoms with Crippen LogP contribution in [-0.2, 0) is 28.4 Å². The minimum Gasteiger partial charge on any atom is -0.465 e. The van der Waals surface area contributed by atoms with Gasteiger partial charge >= 0.3 is 11.9 Å². The molecule has 0 radical (unpaired) electrons. The number of nitrogens with one attached hydrogen (secondary N) is 2. The van der Waals surface area contributed by atoms with Crippen molar-refractivity contribution < 1.29 is 38.6 Å². The third-order valence-corrected chi connectivity index (χ3v) is 8.81. The van der Waals surface area contributed by atoms with Crippen LogP contribution in [0.3, 0.4) is 0 Å². The van der Waals surface area contributed by atoms with Crippen LogP contribution in [0.15, 0.2) is 29.7 Å². The molecule has 0 spiro atoms. The monoisotopic (exact) mass is 638 g/mol. The van der Waals surface area contributed by atoms with E-state index in [1.54, 1.807) is 0 Å². The SMILES string of the molecule is CCCCOC(=O)[C@H](C)NP(=O)(C=C[C@@]1(N=[N+]=[N-])O[C@@H](n2cnc3c(N)ncnc32)[C@H](O)[C@@H]1O)N[C@@H](C)C(=O)OCCCC. The van der Waals surface area contributed by atoms with Crippen LogP contribution in [0.25, 0.3) is 21.6 Å². The van der Waals surface area contributed by atoms with Crippen LogP contribution in [0, 0.1) is 0 Å². The third-order valence-electron chi connectivity index (χ3n) is 6.70. The summed E-state index contributed by atoms with van der Waals surface area (Å²) in [5, 5.41) is 30.9. The van der Waals surface area contributed by atoms with Gasteiger partial charge in [0.15, 0.2) is 23.4 Å². The fourth-order valence-electron chi connectivity index (χ4n) is 4.23. The van der Waals surface area contributed by atoms with E-state index in [0.717, 1.165) is 24.7 Å². The number of esters is 2. The molecule has 18 nitrogen and oxygen atoms in total. The van der Waals surface area contributed by atoms with Gasteiger partial charge in [-0.05, 0) is 38.3 Å². The largest absolute Gasteiger partial charge is 0.465 e. The molecule has 0 saturated carbocycles. The summed E-state index contributed by atoms with van der Waals surface area (Å²) >= 11 is 0. The summed E-state index contributed by atoms with van der Waals surface area (Å²) in [6, 6.07) is -2.24. The highest BCUT2D eigenvalue weighted by atomic mass is 31.2. The Bertz CT molecular complexity index is 1400. The predicted molar refractivity (Wildman–Crippen MR) is 157 cm³/mol. The summed E-state index contributed by atoms with van der Waals surface area (Å²) in [5.41, 5.74) is 13.3. The van der Waals surface area contributed by atoms with Crippen LogP contribution in [0.5, 0.6) is 0 Å². The van der Waals surface area contributed by atoms with Gasteiger partial charge in [-0.1, -0.05) is 31.8 Å². The van der Waals surface area contributed by atoms with Gasteiger partial charge < -0.3 is 30.2 Å². The van der Waals surface area contributed by atoms with Crippen molar-refractivity contribution in [2.75, 3.05) is 18.9 Å². The van der Waals surface area contributed by atoms with Crippen molar-refractivity contribution in [2.24, 2.45) is 5.11 Å². The number of aliphatic hydroxyl groups is 2. The molecule has 2 aromatic heterocycles. The second kappa shape index (κ2) is 15.4. The first kappa shape index (κ1) is 34.9. The fraction of sp³-hybridized carbons (Fsp3) is 0.640. The second-order valence-electron chi connectivity index (χ2n) is 10.2. The number of hydrogen-bond acceptors (Lipinski definition) is 13. The quantitative estimate of drug-likeness (QED) is 0.0440. The smallest absolute Gasteiger partial charge is 0.323 e. The number of carbonyl (C=O) groups excluding carboxylic acids is 2. The lowest BCUT2D eigenvalue weighted by molar-refractivity contribution is -0.145. The molecule has 0 amide bonds. The number of unbranched alkanes of at least 4 members (excludes halogenated alkanes) is 2. The molecule has 44 heavy (non-hydrogen) atoms. The van der Waals surface area contributed by atoms with E-state index < -0.39 is 55.6 Å². The Kier molecular flexibility index (Phi) is 12.2. The normalized spacial score (nSPS) is 23.4. The molecule has 6 atom stereocenters. The number of nitrogen functional groups attached to an aromatic ring is 1. The van der Waals surface area contributed by atoms with Gasteiger partial charge in [-0.15, -0.1) is 0 Å². The molecule has 0 aliphatic carbocycles. The molecule has 242 valence electrons. The number of imidazole rings is 1. The molecule has 1 saturated heterocycles. The molecule has 2 aromatic rings. The predicted octanol–water partition coefficient (Wildman–Crippen LogP) is 2.02. The van der Waals surface area contributed by atoms with Crippen molar-refractivity contribution in [3.05, 3.63) is 35.0 Å². The average molecular weight is 639 g/mol. The Morgan fingerprint density at radius 2 is 1.77 bits per heavy atom. The fourth-order valence-corrected chi connectivity index (χ4v) is 6.27. The maximum atomic E-state index is 14.2. The van der Waals surface area contributed by atoms with Gasteiger partial charge in [-0.3, -0.25) is 18.7 Å². The second-order valence-corrected chi connectivity index (χ2v) is 12.3. The van der Waals surface area contributed by atoms with Gasteiger partial charge in [0.25, 0.3) is 0 Å². The Balaban J connectivity index is 1.95. The maximum absolute atomic E-state index is 14.2. The van der Waals surface area contributed by atoms with E-state index in [9.17, 15) is 29.9 Å². The summed E-state index contributed by atoms with van der Waals surface area (Å²) in [7, 11) is -4.10. The van der Waals surface area contributed by atoms with Gasteiger partial charge in [0.05, 0.1) is 19.5 Å². The lowest BCUT2D eigenvalue weighted by Crippen LogP contribution is -2.42. The van der Waals surface area contributed by atoms with E-state index in [2.05, 4.69) is 35.2 Å². The van der Waals surface area contributed by atoms with Crippen molar-refractivity contribution in [1.29, 1.82) is 0 Å². The summed E-state index contributed by atoms with van der Waals surface area (Å²) in [6.07, 6.45) is 1.29. The number of aliphatic hydroxyl groups excluding tert-OH is 2. The van der Waals surface area contributed by atoms with E-state index in [1.165, 1.54) is 31.1 Å². The Morgan fingerprint density at radius 1 is 1.18 bits per heavy atom. The zero-order chi connectivity index (χ0) is 32.5. The van der Waals surface area contributed by atoms with Crippen molar-refractivity contribution in [3.63, 3.8) is 0 Å². The molecule has 1 aliphatic heterocycles. The van der Waals surface area contributed by atoms with Gasteiger partial charge in [0.2, 0.25) is 7.44 Å². The molecule has 1 fully saturated rings. The molecule has 19 heteroatoms. The number of hydrogen-bond donors (Lipinski definition) is 5. The third kappa shape index (κ3) is 8.09. The highest BCUT2D eigenvalue weighted by molar-refractivity contribution is 7.63. The number of nitrogens with two attached hydrogens (primary N) is 1. The van der Waals surface area contributed by atoms with Gasteiger partial charge in [0.1, 0.15) is 36.1 Å². The zero-order valence-corrected chi connectivity index (χ0v) is 25.8. The lowest BCUT2D eigenvalue weighted by Gasteiger charge is -2.27. The number of rotatable bonds is 16. The first-order valence-corrected chi connectivity index (χ1v) is 15.9. The van der Waals surface area contributed by atoms with Crippen LogP contribution < -0.4 is 15.9 Å². The Morgan fingerprint density at radius 3 is 2.32 bits per heavy atom. The van der Waals surface area contributed by atoms with Crippen molar-refractivity contribution >= 4 is 36.4 Å². The molecule has 0 bridgehead atoms. The number of nitrogens with zero attached hydrogens (tertiary/aromatic N) is 7. The number of aromatic nitrogens is 4. The maximum Gasteiger partial charge on any atom is 0.323 e. The summed E-state index contributed by atoms with van der Waals surface area (Å²) in [5.74, 6) is -0.348. The summed E-state index contributed by atoms with van der Waals surface area (Å²) in [4.78, 5) is 40.0. The van der Waals surface area contributed by atoms with Gasteiger partial charge in [-0.25, -0.2) is 25.1 Å². The number of azide groups is 1. The van der Waals surface area contributed by atoms with Crippen LogP contribution in [0.2, 0.25) is 0 Å². The van der Waals surface area contributed by atoms with E-state index in [-0.39, 0.29) is 30.2 Å². The summed E-state index contributed by atoms with van der Waals surface area (Å²) in [6.45, 7) is 7.02. The van der Waals surface area contributed by atoms with E-state index in [1.807, 2.05) is 13.8 Å². The number of fused-ring (bicyclic) bond motifs is 1. The summed E-state index contributed by atoms with van der Waals surface area (Å²) < 4.78 is 31.8. The van der Waals surface area contributed by atoms with Crippen molar-refractivity contribution in [2.45, 2.75) is 89.6 Å². The first-order chi connectivity index (χ1) is 20.9. The van der Waals surface area contributed by atoms with E-state index >= 15 is 0 Å². The van der Waals surface area contributed by atoms with Crippen molar-refractivity contribution in [3.8, 4) is 0 Å². The van der Waals surface area contributed by atoms with Crippen LogP contribution in [0.1, 0.15) is 59.6 Å². The molecule has 0 aromatic carbocycles. The number of ether oxygens (including phenoxy) is 3. The van der Waals surface area contributed by atoms with Crippen molar-refractivity contribution in [1.82, 2.24) is 29.7 Å². The average Bonchev–Trinajstić information content (AvgIpc) is 3.52. The minimum absolute atomic E-state index is 0.0609. The van der Waals surface area contributed by atoms with Gasteiger partial charge in [0, 0.05) is 10.7 Å². The van der Waals surface area contributed by atoms with Crippen LogP contribution in [0.4, 0.5) is 5.82 Å². The van der Waals surface area contributed by atoms with Gasteiger partial charge in [-0.2, -0.15) is 0 Å². The highest BCUT2D eigenvalue weighted by Gasteiger charge is 2.54. The lowest BCUT2D eigenvalue weighted by atomic mass is 10.1. The zero-order valence-electron chi connectivity index (χ0n) is 24.9. The molecule has 1 aliphatic rings. The van der Waals surface area contributed by atoms with E-state index in [0.29, 0.717) is 12.8 Å². The standard InChI is InChI=1S/C25H39N10O8P/c1-5-7-10-41-23(38)15(3)31-44(40,32-16(4)24(39)42-11-8-6-2)12-9-25(33-34-27)19(37)18(36)22(43-25)35-14-30-17-20(26)28-13-29-21(17)35/h9,12-16,18-19,22,36-37H,5-8,10-11H2,1-4H3,(H2,26,28,29)(H2,31,32,40)/t15-,16-,18+,19-,22+,25+/m0/s1. The molecule has 3 rings (SSSR count). The molecule has 6 N–H and O–H groups in total. The van der Waals surface area contributed by atoms with E-state index in [4.69, 9.17) is 19.9 Å².